The highest BCUT2D eigenvalue weighted by Gasteiger charge is 2.83. The van der Waals surface area contributed by atoms with E-state index in [1.54, 1.807) is 0 Å². The summed E-state index contributed by atoms with van der Waals surface area (Å²) in [7, 11) is 0. The maximum Gasteiger partial charge on any atom is 0.460 e. The van der Waals surface area contributed by atoms with Crippen LogP contribution in [0, 0.1) is 0 Å². The predicted molar refractivity (Wildman–Crippen MR) is 278 cm³/mol. The molecule has 0 spiro atoms. The summed E-state index contributed by atoms with van der Waals surface area (Å²) in [6.07, 6.45) is -24.5. The van der Waals surface area contributed by atoms with Crippen LogP contribution in [0.3, 0.4) is 0 Å². The van der Waals surface area contributed by atoms with Gasteiger partial charge < -0.3 is 0 Å². The maximum atomic E-state index is 15.0. The first-order valence-corrected chi connectivity index (χ1v) is 28.9. The Morgan fingerprint density at radius 1 is 0.207 bits per heavy atom. The van der Waals surface area contributed by atoms with Crippen LogP contribution in [-0.4, -0.2) is 71.8 Å². The third-order valence-corrected chi connectivity index (χ3v) is 16.0. The molecule has 0 aliphatic carbocycles. The largest absolute Gasteiger partial charge is 0.460 e. The van der Waals surface area contributed by atoms with Crippen molar-refractivity contribution in [3.63, 3.8) is 0 Å². The first-order valence-electron chi connectivity index (χ1n) is 28.9. The first kappa shape index (κ1) is 75.2. The second kappa shape index (κ2) is 28.5. The minimum absolute atomic E-state index is 0.0482. The summed E-state index contributed by atoms with van der Waals surface area (Å²) in [4.78, 5) is 0. The summed E-state index contributed by atoms with van der Waals surface area (Å²) in [5, 5.41) is 0.873. The van der Waals surface area contributed by atoms with Crippen molar-refractivity contribution in [3.8, 4) is 0 Å². The van der Waals surface area contributed by atoms with Gasteiger partial charge in [-0.15, -0.1) is 0 Å². The van der Waals surface area contributed by atoms with E-state index in [0.29, 0.717) is 57.8 Å². The number of rotatable bonds is 36. The predicted octanol–water partition coefficient (Wildman–Crippen LogP) is 24.1. The van der Waals surface area contributed by atoms with Crippen molar-refractivity contribution < 1.29 is 119 Å². The zero-order valence-electron chi connectivity index (χ0n) is 47.8. The Bertz CT molecular complexity index is 2520. The average molecular weight is 1300 g/mol. The average Bonchev–Trinajstić information content (AvgIpc) is 0.959. The molecule has 27 heteroatoms. The number of aryl methyl sites for hydroxylation is 6. The van der Waals surface area contributed by atoms with E-state index < -0.39 is 130 Å². The third kappa shape index (κ3) is 16.3. The van der Waals surface area contributed by atoms with Crippen molar-refractivity contribution in [2.45, 2.75) is 266 Å². The molecule has 0 fully saturated rings. The van der Waals surface area contributed by atoms with Crippen molar-refractivity contribution >= 4 is 32.3 Å². The maximum absolute atomic E-state index is 15.0. The molecule has 4 rings (SSSR count). The van der Waals surface area contributed by atoms with E-state index in [9.17, 15) is 92.2 Å². The fourth-order valence-corrected chi connectivity index (χ4v) is 10.8. The Morgan fingerprint density at radius 3 is 0.529 bits per heavy atom. The molecular formula is C60H69F27. The van der Waals surface area contributed by atoms with Crippen molar-refractivity contribution in [1.82, 2.24) is 0 Å². The van der Waals surface area contributed by atoms with Gasteiger partial charge in [-0.3, -0.25) is 0 Å². The van der Waals surface area contributed by atoms with Crippen molar-refractivity contribution in [1.29, 1.82) is 0 Å². The standard InChI is InChI=1S/C60H69F27/c1-4-7-10-13-16-22-37-31-43-46(34-40(37)25-19-28-49(61,62)52(67,68)55(73,74)58(79,80)81)44-32-38(23-17-14-11-8-5-2)42(27-21-30-51(65,66)54(71,72)57(77,78)60(85,86)87)36-48(44)45-33-39(24-18-15-12-9-6-3)41(35-47(43)45)26-20-29-50(63,64)53(69,70)56(75,76)59(82,83)84/h31-36H,4-30H2,1-3H3. The van der Waals surface area contributed by atoms with Gasteiger partial charge in [0.1, 0.15) is 0 Å². The van der Waals surface area contributed by atoms with E-state index in [1.807, 2.05) is 20.8 Å². The molecule has 87 heavy (non-hydrogen) atoms. The van der Waals surface area contributed by atoms with E-state index in [0.717, 1.165) is 38.5 Å². The quantitative estimate of drug-likeness (QED) is 0.0242. The van der Waals surface area contributed by atoms with Crippen LogP contribution < -0.4 is 0 Å². The summed E-state index contributed by atoms with van der Waals surface area (Å²) in [6.45, 7) is 5.65. The fraction of sp³-hybridized carbons (Fsp3) is 0.700. The summed E-state index contributed by atoms with van der Waals surface area (Å²) in [6, 6.07) is 8.48. The lowest BCUT2D eigenvalue weighted by molar-refractivity contribution is -0.396. The molecule has 0 unspecified atom stereocenters. The summed E-state index contributed by atoms with van der Waals surface area (Å²) < 4.78 is 378. The van der Waals surface area contributed by atoms with Crippen molar-refractivity contribution in [3.05, 3.63) is 69.8 Å². The summed E-state index contributed by atoms with van der Waals surface area (Å²) in [5.41, 5.74) is 0.953. The van der Waals surface area contributed by atoms with Gasteiger partial charge >= 0.3 is 71.8 Å². The molecule has 0 radical (unpaired) electrons. The fourth-order valence-electron chi connectivity index (χ4n) is 10.8. The topological polar surface area (TPSA) is 0 Å². The monoisotopic (exact) mass is 1300 g/mol. The second-order valence-corrected chi connectivity index (χ2v) is 22.6. The van der Waals surface area contributed by atoms with Gasteiger partial charge in [0.15, 0.2) is 0 Å². The lowest BCUT2D eigenvalue weighted by atomic mass is 9.83. The van der Waals surface area contributed by atoms with Gasteiger partial charge in [0.05, 0.1) is 0 Å². The Labute approximate surface area is 485 Å². The molecule has 498 valence electrons. The van der Waals surface area contributed by atoms with Gasteiger partial charge in [-0.2, -0.15) is 119 Å². The van der Waals surface area contributed by atoms with Crippen LogP contribution in [0.15, 0.2) is 36.4 Å². The molecule has 0 aliphatic rings. The summed E-state index contributed by atoms with van der Waals surface area (Å²) in [5.74, 6) is -60.4. The number of halogens is 27. The normalized spacial score (nSPS) is 14.4. The molecule has 0 amide bonds. The number of fused-ring (bicyclic) bond motifs is 6. The minimum Gasteiger partial charge on any atom is -0.200 e. The van der Waals surface area contributed by atoms with Crippen LogP contribution in [0.4, 0.5) is 119 Å². The first-order chi connectivity index (χ1) is 39.8. The van der Waals surface area contributed by atoms with Crippen molar-refractivity contribution in [2.24, 2.45) is 0 Å². The van der Waals surface area contributed by atoms with Gasteiger partial charge in [-0.25, -0.2) is 0 Å². The van der Waals surface area contributed by atoms with E-state index in [2.05, 4.69) is 0 Å². The Morgan fingerprint density at radius 2 is 0.368 bits per heavy atom. The van der Waals surface area contributed by atoms with E-state index in [-0.39, 0.29) is 85.0 Å². The van der Waals surface area contributed by atoms with Crippen LogP contribution in [0.2, 0.25) is 0 Å². The third-order valence-electron chi connectivity index (χ3n) is 16.0. The van der Waals surface area contributed by atoms with Gasteiger partial charge in [-0.05, 0) is 143 Å². The molecule has 4 aromatic carbocycles. The SMILES string of the molecule is CCCCCCCc1cc2c(cc1CCCC(F)(F)C(F)(F)C(F)(F)C(F)(F)F)c1cc(CCCCCCC)c(CCCC(F)(F)C(F)(F)C(F)(F)C(F)(F)F)cc1c1cc(CCCCCCC)c(CCCC(F)(F)C(F)(F)C(F)(F)C(F)(F)F)cc21. The lowest BCUT2D eigenvalue weighted by Crippen LogP contribution is -2.60. The molecule has 0 saturated heterocycles. The highest BCUT2D eigenvalue weighted by Crippen LogP contribution is 2.57. The van der Waals surface area contributed by atoms with Gasteiger partial charge in [0, 0.05) is 19.3 Å². The Kier molecular flexibility index (Phi) is 24.7. The zero-order chi connectivity index (χ0) is 66.3. The number of hydrogen-bond acceptors (Lipinski definition) is 0. The summed E-state index contributed by atoms with van der Waals surface area (Å²) >= 11 is 0. The van der Waals surface area contributed by atoms with Crippen molar-refractivity contribution in [2.75, 3.05) is 0 Å². The highest BCUT2D eigenvalue weighted by molar-refractivity contribution is 6.26. The van der Waals surface area contributed by atoms with Crippen LogP contribution >= 0.6 is 0 Å². The molecule has 0 N–H and O–H groups in total. The molecule has 0 heterocycles. The molecule has 0 aliphatic heterocycles. The number of benzene rings is 4. The van der Waals surface area contributed by atoms with Gasteiger partial charge in [-0.1, -0.05) is 134 Å². The molecule has 0 saturated carbocycles. The minimum atomic E-state index is -7.20. The highest BCUT2D eigenvalue weighted by atomic mass is 19.4. The molecular weight excluding hydrogens is 1230 g/mol. The number of hydrogen-bond donors (Lipinski definition) is 0. The number of alkyl halides is 27. The molecule has 4 aromatic rings. The number of unbranched alkanes of at least 4 members (excludes halogenated alkanes) is 12. The van der Waals surface area contributed by atoms with Gasteiger partial charge in [0.2, 0.25) is 0 Å². The van der Waals surface area contributed by atoms with Gasteiger partial charge in [0.25, 0.3) is 0 Å². The molecule has 0 nitrogen and oxygen atoms in total. The Hall–Kier alpha value is -4.23. The lowest BCUT2D eigenvalue weighted by Gasteiger charge is -2.33. The van der Waals surface area contributed by atoms with Crippen LogP contribution in [-0.2, 0) is 38.5 Å². The van der Waals surface area contributed by atoms with Crippen LogP contribution in [0.5, 0.6) is 0 Å². The van der Waals surface area contributed by atoms with E-state index in [1.165, 1.54) is 36.4 Å². The Balaban J connectivity index is 2.13. The second-order valence-electron chi connectivity index (χ2n) is 22.6. The van der Waals surface area contributed by atoms with E-state index >= 15 is 26.3 Å². The van der Waals surface area contributed by atoms with Crippen LogP contribution in [0.25, 0.3) is 32.3 Å². The van der Waals surface area contributed by atoms with Crippen LogP contribution in [0.1, 0.15) is 189 Å². The zero-order valence-corrected chi connectivity index (χ0v) is 47.8. The molecule has 0 atom stereocenters. The van der Waals surface area contributed by atoms with E-state index in [4.69, 9.17) is 0 Å². The molecule has 0 aromatic heterocycles. The smallest absolute Gasteiger partial charge is 0.200 e. The molecule has 0 bridgehead atoms.